The summed E-state index contributed by atoms with van der Waals surface area (Å²) in [5.74, 6) is -2.02. The summed E-state index contributed by atoms with van der Waals surface area (Å²) in [4.78, 5) is 11.3. The summed E-state index contributed by atoms with van der Waals surface area (Å²) >= 11 is 0. The number of methoxy groups -OCH3 is 1. The second-order valence-electron chi connectivity index (χ2n) is 4.98. The molecule has 19 heavy (non-hydrogen) atoms. The molecule has 0 aromatic heterocycles. The summed E-state index contributed by atoms with van der Waals surface area (Å²) in [6.45, 7) is 6.01. The zero-order valence-electron chi connectivity index (χ0n) is 11.6. The highest BCUT2D eigenvalue weighted by molar-refractivity contribution is 5.90. The van der Waals surface area contributed by atoms with Crippen molar-refractivity contribution in [2.45, 2.75) is 33.2 Å². The summed E-state index contributed by atoms with van der Waals surface area (Å²) in [5, 5.41) is 2.94. The maximum Gasteiger partial charge on any atom is 0.340 e. The van der Waals surface area contributed by atoms with Crippen molar-refractivity contribution in [3.05, 3.63) is 29.3 Å². The van der Waals surface area contributed by atoms with Gasteiger partial charge in [0.1, 0.15) is 11.6 Å². The predicted octanol–water partition coefficient (Wildman–Crippen LogP) is 3.60. The molecule has 0 radical (unpaired) electrons. The minimum absolute atomic E-state index is 0.0189. The number of hydrogen-bond donors (Lipinski definition) is 1. The Morgan fingerprint density at radius 1 is 1.26 bits per heavy atom. The monoisotopic (exact) mass is 271 g/mol. The molecule has 106 valence electrons. The van der Waals surface area contributed by atoms with E-state index in [1.165, 1.54) is 0 Å². The SMILES string of the molecule is COC(=O)c1cc(NC(C)CC(C)C)c(F)cc1F. The van der Waals surface area contributed by atoms with E-state index in [1.54, 1.807) is 0 Å². The Labute approximate surface area is 112 Å². The Balaban J connectivity index is 2.98. The molecule has 1 atom stereocenters. The predicted molar refractivity (Wildman–Crippen MR) is 70.2 cm³/mol. The van der Waals surface area contributed by atoms with Crippen molar-refractivity contribution < 1.29 is 18.3 Å². The van der Waals surface area contributed by atoms with Gasteiger partial charge in [0, 0.05) is 12.1 Å². The van der Waals surface area contributed by atoms with Gasteiger partial charge in [0.2, 0.25) is 0 Å². The van der Waals surface area contributed by atoms with Crippen molar-refractivity contribution in [2.75, 3.05) is 12.4 Å². The van der Waals surface area contributed by atoms with Crippen LogP contribution in [0.2, 0.25) is 0 Å². The average molecular weight is 271 g/mol. The van der Waals surface area contributed by atoms with Crippen molar-refractivity contribution in [1.82, 2.24) is 0 Å². The second kappa shape index (κ2) is 6.50. The van der Waals surface area contributed by atoms with Crippen LogP contribution in [-0.2, 0) is 4.74 Å². The van der Waals surface area contributed by atoms with E-state index in [-0.39, 0.29) is 17.3 Å². The van der Waals surface area contributed by atoms with Crippen LogP contribution in [0.3, 0.4) is 0 Å². The van der Waals surface area contributed by atoms with E-state index in [4.69, 9.17) is 0 Å². The van der Waals surface area contributed by atoms with Gasteiger partial charge in [-0.05, 0) is 25.3 Å². The number of ether oxygens (including phenoxy) is 1. The first kappa shape index (κ1) is 15.4. The molecule has 0 aliphatic rings. The molecule has 0 aliphatic carbocycles. The Hall–Kier alpha value is -1.65. The quantitative estimate of drug-likeness (QED) is 0.832. The number of halogens is 2. The highest BCUT2D eigenvalue weighted by Crippen LogP contribution is 2.22. The first-order valence-corrected chi connectivity index (χ1v) is 6.19. The summed E-state index contributed by atoms with van der Waals surface area (Å²) in [6, 6.07) is 1.86. The molecular weight excluding hydrogens is 252 g/mol. The number of carbonyl (C=O) groups is 1. The van der Waals surface area contributed by atoms with Gasteiger partial charge < -0.3 is 10.1 Å². The van der Waals surface area contributed by atoms with Crippen molar-refractivity contribution in [3.8, 4) is 0 Å². The number of rotatable bonds is 5. The van der Waals surface area contributed by atoms with Gasteiger partial charge in [0.15, 0.2) is 0 Å². The third kappa shape index (κ3) is 4.19. The summed E-state index contributed by atoms with van der Waals surface area (Å²) < 4.78 is 31.5. The fraction of sp³-hybridized carbons (Fsp3) is 0.500. The van der Waals surface area contributed by atoms with Crippen molar-refractivity contribution in [3.63, 3.8) is 0 Å². The van der Waals surface area contributed by atoms with E-state index >= 15 is 0 Å². The zero-order valence-corrected chi connectivity index (χ0v) is 11.6. The van der Waals surface area contributed by atoms with Crippen LogP contribution in [0.15, 0.2) is 12.1 Å². The minimum atomic E-state index is -0.925. The van der Waals surface area contributed by atoms with E-state index in [9.17, 15) is 13.6 Å². The Morgan fingerprint density at radius 2 is 1.89 bits per heavy atom. The molecular formula is C14H19F2NO2. The number of carbonyl (C=O) groups excluding carboxylic acids is 1. The average Bonchev–Trinajstić information content (AvgIpc) is 2.30. The van der Waals surface area contributed by atoms with E-state index in [0.717, 1.165) is 19.6 Å². The van der Waals surface area contributed by atoms with Crippen LogP contribution in [-0.4, -0.2) is 19.1 Å². The molecule has 0 aliphatic heterocycles. The number of esters is 1. The Morgan fingerprint density at radius 3 is 2.42 bits per heavy atom. The van der Waals surface area contributed by atoms with Gasteiger partial charge in [-0.1, -0.05) is 13.8 Å². The van der Waals surface area contributed by atoms with Crippen LogP contribution in [0, 0.1) is 17.6 Å². The van der Waals surface area contributed by atoms with Crippen LogP contribution in [0.1, 0.15) is 37.6 Å². The van der Waals surface area contributed by atoms with Gasteiger partial charge in [-0.15, -0.1) is 0 Å². The first-order chi connectivity index (χ1) is 8.85. The molecule has 0 spiro atoms. The lowest BCUT2D eigenvalue weighted by Gasteiger charge is -2.18. The Kier molecular flexibility index (Phi) is 5.27. The molecule has 1 aromatic carbocycles. The number of benzene rings is 1. The topological polar surface area (TPSA) is 38.3 Å². The summed E-state index contributed by atoms with van der Waals surface area (Å²) in [7, 11) is 1.15. The standard InChI is InChI=1S/C14H19F2NO2/c1-8(2)5-9(3)17-13-6-10(14(18)19-4)11(15)7-12(13)16/h6-9,17H,5H2,1-4H3. The van der Waals surface area contributed by atoms with Crippen LogP contribution in [0.4, 0.5) is 14.5 Å². The van der Waals surface area contributed by atoms with Gasteiger partial charge in [-0.3, -0.25) is 0 Å². The molecule has 1 N–H and O–H groups in total. The maximum absolute atomic E-state index is 13.6. The van der Waals surface area contributed by atoms with Crippen molar-refractivity contribution >= 4 is 11.7 Å². The molecule has 0 bridgehead atoms. The minimum Gasteiger partial charge on any atom is -0.465 e. The lowest BCUT2D eigenvalue weighted by molar-refractivity contribution is 0.0595. The normalized spacial score (nSPS) is 12.4. The van der Waals surface area contributed by atoms with Gasteiger partial charge in [0.05, 0.1) is 18.4 Å². The molecule has 0 heterocycles. The smallest absolute Gasteiger partial charge is 0.340 e. The van der Waals surface area contributed by atoms with E-state index < -0.39 is 17.6 Å². The summed E-state index contributed by atoms with van der Waals surface area (Å²) in [5.41, 5.74) is -0.168. The first-order valence-electron chi connectivity index (χ1n) is 6.19. The summed E-state index contributed by atoms with van der Waals surface area (Å²) in [6.07, 6.45) is 0.838. The number of nitrogens with one attached hydrogen (secondary N) is 1. The molecule has 0 saturated heterocycles. The molecule has 1 aromatic rings. The van der Waals surface area contributed by atoms with E-state index in [0.29, 0.717) is 12.0 Å². The molecule has 1 unspecified atom stereocenters. The molecule has 0 saturated carbocycles. The fourth-order valence-electron chi connectivity index (χ4n) is 1.96. The molecule has 5 heteroatoms. The van der Waals surface area contributed by atoms with Crippen molar-refractivity contribution in [2.24, 2.45) is 5.92 Å². The second-order valence-corrected chi connectivity index (χ2v) is 4.98. The number of hydrogen-bond acceptors (Lipinski definition) is 3. The van der Waals surface area contributed by atoms with Gasteiger partial charge in [-0.25, -0.2) is 13.6 Å². The van der Waals surface area contributed by atoms with Crippen LogP contribution >= 0.6 is 0 Å². The highest BCUT2D eigenvalue weighted by Gasteiger charge is 2.17. The van der Waals surface area contributed by atoms with Crippen LogP contribution < -0.4 is 5.32 Å². The van der Waals surface area contributed by atoms with Crippen LogP contribution in [0.25, 0.3) is 0 Å². The van der Waals surface area contributed by atoms with Gasteiger partial charge in [-0.2, -0.15) is 0 Å². The lowest BCUT2D eigenvalue weighted by Crippen LogP contribution is -2.19. The maximum atomic E-state index is 13.6. The van der Waals surface area contributed by atoms with E-state index in [2.05, 4.69) is 23.9 Å². The Bertz CT molecular complexity index is 461. The van der Waals surface area contributed by atoms with Crippen molar-refractivity contribution in [1.29, 1.82) is 0 Å². The molecule has 3 nitrogen and oxygen atoms in total. The van der Waals surface area contributed by atoms with Gasteiger partial charge >= 0.3 is 5.97 Å². The molecule has 0 fully saturated rings. The van der Waals surface area contributed by atoms with E-state index in [1.807, 2.05) is 6.92 Å². The molecule has 1 rings (SSSR count). The lowest BCUT2D eigenvalue weighted by atomic mass is 10.0. The number of anilines is 1. The fourth-order valence-corrected chi connectivity index (χ4v) is 1.96. The van der Waals surface area contributed by atoms with Gasteiger partial charge in [0.25, 0.3) is 0 Å². The highest BCUT2D eigenvalue weighted by atomic mass is 19.1. The third-order valence-corrected chi connectivity index (χ3v) is 2.69. The van der Waals surface area contributed by atoms with Crippen LogP contribution in [0.5, 0.6) is 0 Å². The zero-order chi connectivity index (χ0) is 14.6. The molecule has 0 amide bonds. The largest absolute Gasteiger partial charge is 0.465 e. The third-order valence-electron chi connectivity index (χ3n) is 2.69.